The van der Waals surface area contributed by atoms with Crippen molar-refractivity contribution in [1.82, 2.24) is 0 Å². The maximum atomic E-state index is 5.76. The maximum absolute atomic E-state index is 5.76. The molecule has 5 heteroatoms. The molecule has 0 N–H and O–H groups in total. The lowest BCUT2D eigenvalue weighted by Crippen LogP contribution is -2.08. The highest BCUT2D eigenvalue weighted by molar-refractivity contribution is 9.11. The molecule has 1 aromatic carbocycles. The number of hydrogen-bond acceptors (Lipinski definition) is 3. The third kappa shape index (κ3) is 2.93. The van der Waals surface area contributed by atoms with Gasteiger partial charge in [-0.3, -0.25) is 0 Å². The van der Waals surface area contributed by atoms with Crippen molar-refractivity contribution in [2.24, 2.45) is 5.92 Å². The second kappa shape index (κ2) is 6.02. The minimum absolute atomic E-state index is 0.279. The zero-order valence-electron chi connectivity index (χ0n) is 10.5. The van der Waals surface area contributed by atoms with Gasteiger partial charge < -0.3 is 14.2 Å². The number of ether oxygens (including phenoxy) is 3. The van der Waals surface area contributed by atoms with E-state index in [4.69, 9.17) is 14.2 Å². The summed E-state index contributed by atoms with van der Waals surface area (Å²) in [5.74, 6) is 2.19. The number of benzene rings is 1. The van der Waals surface area contributed by atoms with Gasteiger partial charge in [-0.05, 0) is 24.1 Å². The van der Waals surface area contributed by atoms with Gasteiger partial charge in [-0.1, -0.05) is 31.9 Å². The largest absolute Gasteiger partial charge is 0.490 e. The highest BCUT2D eigenvalue weighted by Crippen LogP contribution is 2.44. The minimum atomic E-state index is 0.279. The molecule has 2 unspecified atom stereocenters. The van der Waals surface area contributed by atoms with Gasteiger partial charge in [0.2, 0.25) is 0 Å². The van der Waals surface area contributed by atoms with Crippen LogP contribution >= 0.6 is 31.9 Å². The molecule has 3 nitrogen and oxygen atoms in total. The van der Waals surface area contributed by atoms with Crippen molar-refractivity contribution in [2.45, 2.75) is 17.7 Å². The number of rotatable bonds is 2. The van der Waals surface area contributed by atoms with Gasteiger partial charge in [0.25, 0.3) is 0 Å². The highest BCUT2D eigenvalue weighted by Gasteiger charge is 2.27. The number of alkyl halides is 1. The average Bonchev–Trinajstić information content (AvgIpc) is 2.84. The van der Waals surface area contributed by atoms with Crippen LogP contribution in [0.4, 0.5) is 0 Å². The van der Waals surface area contributed by atoms with Gasteiger partial charge in [-0.25, -0.2) is 0 Å². The Labute approximate surface area is 129 Å². The number of halogens is 2. The molecule has 2 heterocycles. The quantitative estimate of drug-likeness (QED) is 0.711. The normalized spacial score (nSPS) is 24.0. The summed E-state index contributed by atoms with van der Waals surface area (Å²) in [6, 6.07) is 4.10. The molecule has 104 valence electrons. The molecule has 1 aromatic rings. The molecule has 0 amide bonds. The van der Waals surface area contributed by atoms with Crippen molar-refractivity contribution in [3.8, 4) is 11.5 Å². The fraction of sp³-hybridized carbons (Fsp3) is 0.571. The van der Waals surface area contributed by atoms with Crippen molar-refractivity contribution < 1.29 is 14.2 Å². The molecule has 0 bridgehead atoms. The van der Waals surface area contributed by atoms with Crippen LogP contribution in [0.2, 0.25) is 0 Å². The van der Waals surface area contributed by atoms with Crippen molar-refractivity contribution in [3.05, 3.63) is 22.2 Å². The van der Waals surface area contributed by atoms with E-state index in [1.807, 2.05) is 6.07 Å². The predicted molar refractivity (Wildman–Crippen MR) is 80.3 cm³/mol. The smallest absolute Gasteiger partial charge is 0.162 e. The van der Waals surface area contributed by atoms with Crippen molar-refractivity contribution in [2.75, 3.05) is 26.4 Å². The molecule has 0 aliphatic carbocycles. The summed E-state index contributed by atoms with van der Waals surface area (Å²) in [7, 11) is 0. The third-order valence-electron chi connectivity index (χ3n) is 3.54. The first kappa shape index (κ1) is 13.7. The molecule has 0 aromatic heterocycles. The first-order valence-electron chi connectivity index (χ1n) is 6.56. The summed E-state index contributed by atoms with van der Waals surface area (Å²) >= 11 is 7.45. The van der Waals surface area contributed by atoms with Crippen molar-refractivity contribution in [3.63, 3.8) is 0 Å². The molecule has 2 aliphatic heterocycles. The molecule has 0 radical (unpaired) electrons. The van der Waals surface area contributed by atoms with E-state index in [-0.39, 0.29) is 4.83 Å². The standard InChI is InChI=1S/C14H16Br2O3/c15-11-7-13-12(18-3-1-4-19-13)6-10(11)14(16)9-2-5-17-8-9/h6-7,9,14H,1-5,8H2. The average molecular weight is 392 g/mol. The SMILES string of the molecule is Brc1cc2c(cc1C(Br)C1CCOC1)OCCCO2. The maximum Gasteiger partial charge on any atom is 0.162 e. The van der Waals surface area contributed by atoms with Gasteiger partial charge in [-0.15, -0.1) is 0 Å². The molecule has 1 saturated heterocycles. The van der Waals surface area contributed by atoms with E-state index in [0.29, 0.717) is 19.1 Å². The van der Waals surface area contributed by atoms with Crippen LogP contribution in [-0.2, 0) is 4.74 Å². The second-order valence-corrected chi connectivity index (χ2v) is 6.74. The Hall–Kier alpha value is -0.260. The second-order valence-electron chi connectivity index (χ2n) is 4.90. The summed E-state index contributed by atoms with van der Waals surface area (Å²) in [6.45, 7) is 3.10. The molecule has 19 heavy (non-hydrogen) atoms. The van der Waals surface area contributed by atoms with Gasteiger partial charge in [0.15, 0.2) is 11.5 Å². The summed E-state index contributed by atoms with van der Waals surface area (Å²) < 4.78 is 18.0. The Bertz CT molecular complexity index is 458. The van der Waals surface area contributed by atoms with Crippen LogP contribution in [-0.4, -0.2) is 26.4 Å². The number of fused-ring (bicyclic) bond motifs is 1. The summed E-state index contributed by atoms with van der Waals surface area (Å²) in [6.07, 6.45) is 2.02. The van der Waals surface area contributed by atoms with Gasteiger partial charge in [0.05, 0.1) is 19.8 Å². The Kier molecular flexibility index (Phi) is 4.34. The zero-order valence-corrected chi connectivity index (χ0v) is 13.7. The van der Waals surface area contributed by atoms with Crippen LogP contribution in [0.15, 0.2) is 16.6 Å². The Morgan fingerprint density at radius 3 is 2.53 bits per heavy atom. The molecular formula is C14H16Br2O3. The van der Waals surface area contributed by atoms with Gasteiger partial charge in [0, 0.05) is 28.2 Å². The van der Waals surface area contributed by atoms with E-state index in [9.17, 15) is 0 Å². The molecular weight excluding hydrogens is 376 g/mol. The zero-order chi connectivity index (χ0) is 13.2. The summed E-state index contributed by atoms with van der Waals surface area (Å²) in [5, 5.41) is 0. The van der Waals surface area contributed by atoms with E-state index in [2.05, 4.69) is 37.9 Å². The lowest BCUT2D eigenvalue weighted by atomic mass is 9.98. The molecule has 0 spiro atoms. The Morgan fingerprint density at radius 2 is 1.84 bits per heavy atom. The van der Waals surface area contributed by atoms with E-state index >= 15 is 0 Å². The molecule has 0 saturated carbocycles. The van der Waals surface area contributed by atoms with Crippen LogP contribution < -0.4 is 9.47 Å². The van der Waals surface area contributed by atoms with Crippen molar-refractivity contribution >= 4 is 31.9 Å². The van der Waals surface area contributed by atoms with E-state index in [1.165, 1.54) is 5.56 Å². The van der Waals surface area contributed by atoms with E-state index in [1.54, 1.807) is 0 Å². The molecule has 2 aliphatic rings. The van der Waals surface area contributed by atoms with E-state index < -0.39 is 0 Å². The minimum Gasteiger partial charge on any atom is -0.490 e. The lowest BCUT2D eigenvalue weighted by Gasteiger charge is -2.19. The van der Waals surface area contributed by atoms with Crippen LogP contribution in [0.3, 0.4) is 0 Å². The van der Waals surface area contributed by atoms with Crippen LogP contribution in [0.25, 0.3) is 0 Å². The Balaban J connectivity index is 1.90. The summed E-state index contributed by atoms with van der Waals surface area (Å²) in [4.78, 5) is 0.279. The van der Waals surface area contributed by atoms with Crippen LogP contribution in [0.5, 0.6) is 11.5 Å². The van der Waals surface area contributed by atoms with E-state index in [0.717, 1.165) is 42.0 Å². The monoisotopic (exact) mass is 390 g/mol. The van der Waals surface area contributed by atoms with Crippen LogP contribution in [0, 0.1) is 5.92 Å². The lowest BCUT2D eigenvalue weighted by molar-refractivity contribution is 0.185. The van der Waals surface area contributed by atoms with Gasteiger partial charge >= 0.3 is 0 Å². The fourth-order valence-corrected chi connectivity index (χ4v) is 4.12. The fourth-order valence-electron chi connectivity index (χ4n) is 2.45. The number of hydrogen-bond donors (Lipinski definition) is 0. The first-order valence-corrected chi connectivity index (χ1v) is 8.27. The topological polar surface area (TPSA) is 27.7 Å². The van der Waals surface area contributed by atoms with Gasteiger partial charge in [-0.2, -0.15) is 0 Å². The molecule has 1 fully saturated rings. The van der Waals surface area contributed by atoms with Crippen LogP contribution in [0.1, 0.15) is 23.2 Å². The van der Waals surface area contributed by atoms with Crippen molar-refractivity contribution in [1.29, 1.82) is 0 Å². The molecule has 2 atom stereocenters. The van der Waals surface area contributed by atoms with Gasteiger partial charge in [0.1, 0.15) is 0 Å². The third-order valence-corrected chi connectivity index (χ3v) is 5.47. The highest BCUT2D eigenvalue weighted by atomic mass is 79.9. The molecule has 3 rings (SSSR count). The summed E-state index contributed by atoms with van der Waals surface area (Å²) in [5.41, 5.74) is 1.21. The first-order chi connectivity index (χ1) is 9.25. The Morgan fingerprint density at radius 1 is 1.11 bits per heavy atom. The predicted octanol–water partition coefficient (Wildman–Crippen LogP) is 4.08.